The summed E-state index contributed by atoms with van der Waals surface area (Å²) in [5, 5.41) is 4.37. The summed E-state index contributed by atoms with van der Waals surface area (Å²) < 4.78 is 37.0. The molecule has 0 aliphatic carbocycles. The second-order valence-corrected chi connectivity index (χ2v) is 5.80. The van der Waals surface area contributed by atoms with Crippen molar-refractivity contribution in [1.82, 2.24) is 4.98 Å². The molecule has 1 N–H and O–H groups in total. The summed E-state index contributed by atoms with van der Waals surface area (Å²) in [6, 6.07) is 0. The third-order valence-electron chi connectivity index (χ3n) is 3.10. The molecule has 0 saturated heterocycles. The van der Waals surface area contributed by atoms with Crippen LogP contribution in [0.25, 0.3) is 0 Å². The van der Waals surface area contributed by atoms with Crippen molar-refractivity contribution in [3.8, 4) is 0 Å². The van der Waals surface area contributed by atoms with Crippen LogP contribution in [0, 0.1) is 0 Å². The molecule has 20 heavy (non-hydrogen) atoms. The van der Waals surface area contributed by atoms with E-state index in [0.29, 0.717) is 11.7 Å². The highest BCUT2D eigenvalue weighted by Gasteiger charge is 2.33. The number of nitrogens with one attached hydrogen (secondary N) is 1. The molecule has 0 amide bonds. The minimum atomic E-state index is -4.34. The number of nitrogens with zero attached hydrogens (tertiary/aromatic N) is 1. The predicted molar refractivity (Wildman–Crippen MR) is 78.2 cm³/mol. The number of unbranched alkanes of at least 4 members (excludes halogenated alkanes) is 7. The van der Waals surface area contributed by atoms with Gasteiger partial charge in [0, 0.05) is 11.9 Å². The number of hydrogen-bond donors (Lipinski definition) is 1. The van der Waals surface area contributed by atoms with Crippen molar-refractivity contribution < 1.29 is 13.2 Å². The number of thiazole rings is 1. The van der Waals surface area contributed by atoms with Crippen molar-refractivity contribution in [2.75, 3.05) is 11.9 Å². The SMILES string of the molecule is CCCCCCCCCCNc1nc(C(F)(F)F)cs1. The Morgan fingerprint density at radius 2 is 1.65 bits per heavy atom. The maximum absolute atomic E-state index is 12.3. The maximum Gasteiger partial charge on any atom is 0.434 e. The molecule has 0 radical (unpaired) electrons. The van der Waals surface area contributed by atoms with Gasteiger partial charge in [-0.25, -0.2) is 4.98 Å². The molecule has 0 bridgehead atoms. The van der Waals surface area contributed by atoms with E-state index >= 15 is 0 Å². The van der Waals surface area contributed by atoms with Crippen molar-refractivity contribution in [2.24, 2.45) is 0 Å². The Balaban J connectivity index is 2.03. The largest absolute Gasteiger partial charge is 0.434 e. The molecule has 116 valence electrons. The van der Waals surface area contributed by atoms with E-state index in [0.717, 1.165) is 29.6 Å². The number of rotatable bonds is 10. The number of alkyl halides is 3. The topological polar surface area (TPSA) is 24.9 Å². The Hall–Kier alpha value is -0.780. The van der Waals surface area contributed by atoms with Crippen molar-refractivity contribution in [3.63, 3.8) is 0 Å². The van der Waals surface area contributed by atoms with Crippen LogP contribution in [-0.4, -0.2) is 11.5 Å². The van der Waals surface area contributed by atoms with Gasteiger partial charge in [-0.3, -0.25) is 0 Å². The van der Waals surface area contributed by atoms with Crippen LogP contribution in [0.3, 0.4) is 0 Å². The third-order valence-corrected chi connectivity index (χ3v) is 3.90. The highest BCUT2D eigenvalue weighted by Crippen LogP contribution is 2.31. The zero-order valence-corrected chi connectivity index (χ0v) is 12.7. The lowest BCUT2D eigenvalue weighted by atomic mass is 10.1. The lowest BCUT2D eigenvalue weighted by Crippen LogP contribution is -2.06. The van der Waals surface area contributed by atoms with Gasteiger partial charge in [0.25, 0.3) is 0 Å². The Bertz CT molecular complexity index is 364. The van der Waals surface area contributed by atoms with Gasteiger partial charge < -0.3 is 5.32 Å². The molecule has 0 aromatic carbocycles. The van der Waals surface area contributed by atoms with Crippen molar-refractivity contribution in [2.45, 2.75) is 64.5 Å². The number of aromatic nitrogens is 1. The van der Waals surface area contributed by atoms with Crippen LogP contribution < -0.4 is 5.32 Å². The van der Waals surface area contributed by atoms with Crippen LogP contribution in [0.5, 0.6) is 0 Å². The lowest BCUT2D eigenvalue weighted by molar-refractivity contribution is -0.140. The quantitative estimate of drug-likeness (QED) is 0.560. The Kier molecular flexibility index (Phi) is 7.95. The molecule has 0 fully saturated rings. The van der Waals surface area contributed by atoms with Gasteiger partial charge in [-0.1, -0.05) is 51.9 Å². The number of halogens is 3. The molecule has 0 aliphatic heterocycles. The van der Waals surface area contributed by atoms with Crippen LogP contribution >= 0.6 is 11.3 Å². The summed E-state index contributed by atoms with van der Waals surface area (Å²) in [6.07, 6.45) is 5.41. The van der Waals surface area contributed by atoms with Crippen molar-refractivity contribution >= 4 is 16.5 Å². The molecular formula is C14H23F3N2S. The first-order valence-electron chi connectivity index (χ1n) is 7.30. The van der Waals surface area contributed by atoms with Gasteiger partial charge in [-0.2, -0.15) is 13.2 Å². The Labute approximate surface area is 122 Å². The van der Waals surface area contributed by atoms with Crippen LogP contribution in [0.2, 0.25) is 0 Å². The first kappa shape index (κ1) is 17.3. The summed E-state index contributed by atoms with van der Waals surface area (Å²) in [4.78, 5) is 3.53. The van der Waals surface area contributed by atoms with Gasteiger partial charge in [0.2, 0.25) is 0 Å². The number of anilines is 1. The highest BCUT2D eigenvalue weighted by atomic mass is 32.1. The minimum Gasteiger partial charge on any atom is -0.362 e. The molecule has 0 saturated carbocycles. The van der Waals surface area contributed by atoms with Crippen molar-refractivity contribution in [1.29, 1.82) is 0 Å². The normalized spacial score (nSPS) is 11.8. The van der Waals surface area contributed by atoms with Crippen LogP contribution in [-0.2, 0) is 6.18 Å². The van der Waals surface area contributed by atoms with Crippen molar-refractivity contribution in [3.05, 3.63) is 11.1 Å². The molecule has 0 spiro atoms. The van der Waals surface area contributed by atoms with Gasteiger partial charge in [0.1, 0.15) is 0 Å². The first-order chi connectivity index (χ1) is 9.54. The number of hydrogen-bond acceptors (Lipinski definition) is 3. The highest BCUT2D eigenvalue weighted by molar-refractivity contribution is 7.13. The zero-order chi connectivity index (χ0) is 14.8. The third kappa shape index (κ3) is 7.12. The van der Waals surface area contributed by atoms with Gasteiger partial charge in [-0.15, -0.1) is 11.3 Å². The second-order valence-electron chi connectivity index (χ2n) is 4.94. The Morgan fingerprint density at radius 3 is 2.20 bits per heavy atom. The van der Waals surface area contributed by atoms with Crippen LogP contribution in [0.4, 0.5) is 18.3 Å². The van der Waals surface area contributed by atoms with E-state index in [-0.39, 0.29) is 0 Å². The maximum atomic E-state index is 12.3. The van der Waals surface area contributed by atoms with Gasteiger partial charge in [-0.05, 0) is 6.42 Å². The lowest BCUT2D eigenvalue weighted by Gasteiger charge is -2.03. The monoisotopic (exact) mass is 308 g/mol. The average molecular weight is 308 g/mol. The summed E-state index contributed by atoms with van der Waals surface area (Å²) in [7, 11) is 0. The van der Waals surface area contributed by atoms with Crippen LogP contribution in [0.1, 0.15) is 64.0 Å². The minimum absolute atomic E-state index is 0.361. The summed E-state index contributed by atoms with van der Waals surface area (Å²) in [5.41, 5.74) is -0.805. The Morgan fingerprint density at radius 1 is 1.05 bits per heavy atom. The first-order valence-corrected chi connectivity index (χ1v) is 8.18. The van der Waals surface area contributed by atoms with E-state index in [1.54, 1.807) is 0 Å². The summed E-state index contributed by atoms with van der Waals surface area (Å²) >= 11 is 1.01. The van der Waals surface area contributed by atoms with E-state index in [1.165, 1.54) is 38.5 Å². The van der Waals surface area contributed by atoms with Gasteiger partial charge >= 0.3 is 6.18 Å². The molecule has 1 heterocycles. The second kappa shape index (κ2) is 9.21. The van der Waals surface area contributed by atoms with Gasteiger partial charge in [0.05, 0.1) is 0 Å². The summed E-state index contributed by atoms with van der Waals surface area (Å²) in [5.74, 6) is 0. The van der Waals surface area contributed by atoms with E-state index in [1.807, 2.05) is 0 Å². The zero-order valence-electron chi connectivity index (χ0n) is 11.9. The molecule has 0 atom stereocenters. The molecule has 0 aliphatic rings. The molecule has 6 heteroatoms. The van der Waals surface area contributed by atoms with E-state index in [2.05, 4.69) is 17.2 Å². The predicted octanol–water partition coefficient (Wildman–Crippen LogP) is 5.71. The molecule has 1 aromatic heterocycles. The molecular weight excluding hydrogens is 285 g/mol. The average Bonchev–Trinajstić information content (AvgIpc) is 2.85. The fourth-order valence-electron chi connectivity index (χ4n) is 1.94. The molecule has 2 nitrogen and oxygen atoms in total. The van der Waals surface area contributed by atoms with Gasteiger partial charge in [0.15, 0.2) is 10.8 Å². The summed E-state index contributed by atoms with van der Waals surface area (Å²) in [6.45, 7) is 2.90. The molecule has 1 rings (SSSR count). The standard InChI is InChI=1S/C14H23F3N2S/c1-2-3-4-5-6-7-8-9-10-18-13-19-12(11-20-13)14(15,16)17/h11H,2-10H2,1H3,(H,18,19). The van der Waals surface area contributed by atoms with Crippen LogP contribution in [0.15, 0.2) is 5.38 Å². The van der Waals surface area contributed by atoms with E-state index < -0.39 is 11.9 Å². The van der Waals surface area contributed by atoms with E-state index in [4.69, 9.17) is 0 Å². The fraction of sp³-hybridized carbons (Fsp3) is 0.786. The smallest absolute Gasteiger partial charge is 0.362 e. The fourth-order valence-corrected chi connectivity index (χ4v) is 2.69. The molecule has 1 aromatic rings. The van der Waals surface area contributed by atoms with E-state index in [9.17, 15) is 13.2 Å². The molecule has 0 unspecified atom stereocenters.